The molecule has 0 rings (SSSR count). The Labute approximate surface area is 236 Å². The Morgan fingerprint density at radius 2 is 0.643 bits per heavy atom. The van der Waals surface area contributed by atoms with Gasteiger partial charge in [-0.25, -0.2) is 9.13 Å². The molecule has 0 radical (unpaired) electrons. The van der Waals surface area contributed by atoms with Crippen LogP contribution in [0.1, 0.15) is 5.71 Å². The minimum atomic E-state index is -4.64. The molecule has 0 aliphatic rings. The first-order valence-electron chi connectivity index (χ1n) is 1.57. The molecule has 0 bridgehead atoms. The molecule has 0 aromatic heterocycles. The van der Waals surface area contributed by atoms with Crippen LogP contribution in [0.25, 0.3) is 0 Å². The van der Waals surface area contributed by atoms with E-state index in [0.717, 1.165) is 0 Å². The van der Waals surface area contributed by atoms with Crippen molar-refractivity contribution in [1.29, 1.82) is 0 Å². The summed E-state index contributed by atoms with van der Waals surface area (Å²) in [7, 11) is -9.28. The van der Waals surface area contributed by atoms with Crippen LogP contribution in [-0.2, 0) is 9.13 Å². The molecule has 0 spiro atoms. The van der Waals surface area contributed by atoms with Crippen LogP contribution in [0.15, 0.2) is 0 Å². The third-order valence-electron chi connectivity index (χ3n) is 0. The zero-order valence-corrected chi connectivity index (χ0v) is 21.6. The molecule has 0 aromatic rings. The Balaban J connectivity index is -0.00000000615. The van der Waals surface area contributed by atoms with E-state index in [2.05, 4.69) is 0 Å². The smallest absolute Gasteiger partial charge is 1.00 e. The summed E-state index contributed by atoms with van der Waals surface area (Å²) in [5.41, 5.74) is 0. The Morgan fingerprint density at radius 3 is 0.643 bits per heavy atom. The Bertz CT molecular complexity index is 149. The molecule has 0 amide bonds. The second-order valence-electron chi connectivity index (χ2n) is 1.03. The molecule has 0 aliphatic heterocycles. The minimum Gasteiger partial charge on any atom is -1.00 e. The average Bonchev–Trinajstić information content (AvgIpc) is 1.12. The summed E-state index contributed by atoms with van der Waals surface area (Å²) in [6.45, 7) is 0. The van der Waals surface area contributed by atoms with E-state index in [1.807, 2.05) is 0 Å². The van der Waals surface area contributed by atoms with Gasteiger partial charge in [-0.2, -0.15) is 0 Å². The van der Waals surface area contributed by atoms with Gasteiger partial charge in [0.1, 0.15) is 0 Å². The van der Waals surface area contributed by atoms with E-state index < -0.39 is 15.6 Å². The zero-order chi connectivity index (χ0) is 9.00. The van der Waals surface area contributed by atoms with Crippen LogP contribution >= 0.6 is 15.6 Å². The van der Waals surface area contributed by atoms with Crippen LogP contribution in [0.4, 0.5) is 0 Å². The van der Waals surface area contributed by atoms with Gasteiger partial charge in [-0.15, -0.1) is 0 Å². The van der Waals surface area contributed by atoms with E-state index in [9.17, 15) is 0 Å². The molecule has 0 aliphatic carbocycles. The van der Waals surface area contributed by atoms with Gasteiger partial charge in [0.25, 0.3) is 0 Å². The standard InChI is InChI=1S/3K.Na.2H3O4P.4H/c;;;;2*1-5(2,3)4;;;;/h;;;;2*(H3,1,2,3,4);;;;/q4*+1;;;4*-1. The van der Waals surface area contributed by atoms with Gasteiger partial charge >= 0.3 is 199 Å². The molecule has 6 N–H and O–H groups in total. The molecule has 72 valence electrons. The fourth-order valence-corrected chi connectivity index (χ4v) is 0. The van der Waals surface area contributed by atoms with Gasteiger partial charge in [0.2, 0.25) is 0 Å². The Kier molecular flexibility index (Phi) is 50.4. The van der Waals surface area contributed by atoms with Gasteiger partial charge in [-0.1, -0.05) is 0 Å². The first-order chi connectivity index (χ1) is 4.00. The molecule has 0 heterocycles. The number of hydrogen-bond acceptors (Lipinski definition) is 2. The zero-order valence-electron chi connectivity index (χ0n) is 12.4. The van der Waals surface area contributed by atoms with Crippen molar-refractivity contribution in [3.63, 3.8) is 0 Å². The maximum Gasteiger partial charge on any atom is 1.00 e. The van der Waals surface area contributed by atoms with Gasteiger partial charge in [0.15, 0.2) is 0 Å². The summed E-state index contributed by atoms with van der Waals surface area (Å²) in [6, 6.07) is 0. The molecule has 0 atom stereocenters. The molecule has 0 unspecified atom stereocenters. The third kappa shape index (κ3) is 142. The van der Waals surface area contributed by atoms with Crippen molar-refractivity contribution in [2.45, 2.75) is 0 Å². The van der Waals surface area contributed by atoms with Crippen molar-refractivity contribution in [1.82, 2.24) is 0 Å². The van der Waals surface area contributed by atoms with Gasteiger partial charge in [0.05, 0.1) is 0 Å². The average molecular weight is 340 g/mol. The minimum absolute atomic E-state index is 0. The van der Waals surface area contributed by atoms with E-state index in [0.29, 0.717) is 0 Å². The number of rotatable bonds is 0. The molecule has 8 nitrogen and oxygen atoms in total. The molecule has 14 heteroatoms. The van der Waals surface area contributed by atoms with Gasteiger partial charge in [-0.3, -0.25) is 0 Å². The quantitative estimate of drug-likeness (QED) is 0.188. The van der Waals surface area contributed by atoms with Crippen molar-refractivity contribution in [3.8, 4) is 0 Å². The van der Waals surface area contributed by atoms with Crippen LogP contribution in [0, 0.1) is 0 Å². The van der Waals surface area contributed by atoms with Crippen LogP contribution < -0.4 is 184 Å². The summed E-state index contributed by atoms with van der Waals surface area (Å²) in [5, 5.41) is 0. The molecular weight excluding hydrogens is 330 g/mol. The predicted octanol–water partition coefficient (Wildman–Crippen LogP) is -13.4. The molecule has 0 saturated heterocycles. The summed E-state index contributed by atoms with van der Waals surface area (Å²) in [5.74, 6) is 0. The fourth-order valence-electron chi connectivity index (χ4n) is 0. The topological polar surface area (TPSA) is 156 Å². The van der Waals surface area contributed by atoms with Gasteiger partial charge in [0, 0.05) is 0 Å². The summed E-state index contributed by atoms with van der Waals surface area (Å²) >= 11 is 0. The van der Waals surface area contributed by atoms with Crippen LogP contribution in [0.5, 0.6) is 0 Å². The van der Waals surface area contributed by atoms with Crippen molar-refractivity contribution in [2.75, 3.05) is 0 Å². The Morgan fingerprint density at radius 1 is 0.643 bits per heavy atom. The fraction of sp³-hybridized carbons (Fsp3) is 0. The summed E-state index contributed by atoms with van der Waals surface area (Å²) in [4.78, 5) is 43.1. The molecule has 14 heavy (non-hydrogen) atoms. The van der Waals surface area contributed by atoms with Crippen molar-refractivity contribution >= 4 is 15.6 Å². The van der Waals surface area contributed by atoms with E-state index in [-0.39, 0.29) is 189 Å². The first kappa shape index (κ1) is 36.9. The second kappa shape index (κ2) is 19.1. The molecular formula is H10K3NaO8P2. The molecule has 0 fully saturated rings. The van der Waals surface area contributed by atoms with Crippen LogP contribution in [0.3, 0.4) is 0 Å². The van der Waals surface area contributed by atoms with E-state index >= 15 is 0 Å². The maximum absolute atomic E-state index is 8.88. The molecule has 0 aromatic carbocycles. The van der Waals surface area contributed by atoms with Gasteiger partial charge < -0.3 is 35.1 Å². The van der Waals surface area contributed by atoms with Gasteiger partial charge in [-0.05, 0) is 0 Å². The number of phosphoric acid groups is 2. The van der Waals surface area contributed by atoms with E-state index in [4.69, 9.17) is 38.5 Å². The number of hydrogen-bond donors (Lipinski definition) is 6. The molecule has 0 saturated carbocycles. The Hall–Kier alpha value is 6.13. The van der Waals surface area contributed by atoms with Crippen LogP contribution in [0.2, 0.25) is 0 Å². The second-order valence-corrected chi connectivity index (χ2v) is 3.08. The van der Waals surface area contributed by atoms with Crippen molar-refractivity contribution in [2.24, 2.45) is 0 Å². The van der Waals surface area contributed by atoms with Crippen molar-refractivity contribution in [3.05, 3.63) is 0 Å². The maximum atomic E-state index is 8.88. The normalized spacial score (nSPS) is 8.43. The van der Waals surface area contributed by atoms with E-state index in [1.165, 1.54) is 0 Å². The van der Waals surface area contributed by atoms with Crippen molar-refractivity contribution < 1.29 is 228 Å². The monoisotopic (exact) mass is 340 g/mol. The first-order valence-corrected chi connectivity index (χ1v) is 4.70. The summed E-state index contributed by atoms with van der Waals surface area (Å²) in [6.07, 6.45) is 0. The third-order valence-corrected chi connectivity index (χ3v) is 0. The van der Waals surface area contributed by atoms with E-state index in [1.54, 1.807) is 0 Å². The predicted molar refractivity (Wildman–Crippen MR) is 33.0 cm³/mol. The van der Waals surface area contributed by atoms with Crippen LogP contribution in [-0.4, -0.2) is 29.4 Å². The largest absolute Gasteiger partial charge is 1.00 e. The summed E-state index contributed by atoms with van der Waals surface area (Å²) < 4.78 is 17.8. The SMILES string of the molecule is O=P(O)(O)O.O=P(O)(O)O.[H-].[H-].[H-].[H-].[K+].[K+].[K+].[Na+].